The fraction of sp³-hybridized carbons (Fsp3) is 0.556. The molecule has 0 heterocycles. The van der Waals surface area contributed by atoms with Crippen molar-refractivity contribution in [3.8, 4) is 0 Å². The highest BCUT2D eigenvalue weighted by atomic mass is 16.3. The molecule has 0 saturated heterocycles. The molecule has 19 heavy (non-hydrogen) atoms. The van der Waals surface area contributed by atoms with E-state index < -0.39 is 5.60 Å². The fourth-order valence-corrected chi connectivity index (χ4v) is 3.19. The first kappa shape index (κ1) is 14.3. The van der Waals surface area contributed by atoms with Gasteiger partial charge in [0.1, 0.15) is 0 Å². The van der Waals surface area contributed by atoms with Crippen LogP contribution in [0.4, 0.5) is 0 Å². The van der Waals surface area contributed by atoms with Crippen molar-refractivity contribution in [1.29, 1.82) is 0 Å². The van der Waals surface area contributed by atoms with Gasteiger partial charge in [0.05, 0.1) is 5.60 Å². The monoisotopic (exact) mass is 258 g/mol. The van der Waals surface area contributed by atoms with Gasteiger partial charge in [-0.2, -0.15) is 0 Å². The Kier molecular flexibility index (Phi) is 4.81. The lowest BCUT2D eigenvalue weighted by Crippen LogP contribution is -2.29. The van der Waals surface area contributed by atoms with E-state index in [2.05, 4.69) is 37.8 Å². The van der Waals surface area contributed by atoms with E-state index in [4.69, 9.17) is 0 Å². The molecule has 0 bridgehead atoms. The van der Waals surface area contributed by atoms with Gasteiger partial charge in [-0.15, -0.1) is 0 Å². The maximum Gasteiger partial charge on any atom is 0.0684 e. The van der Waals surface area contributed by atoms with Gasteiger partial charge >= 0.3 is 0 Å². The van der Waals surface area contributed by atoms with Gasteiger partial charge in [0.15, 0.2) is 0 Å². The Morgan fingerprint density at radius 1 is 1.26 bits per heavy atom. The molecule has 1 aliphatic rings. The lowest BCUT2D eigenvalue weighted by molar-refractivity contribution is 0.0192. The number of unbranched alkanes of at least 4 members (excludes halogenated alkanes) is 1. The van der Waals surface area contributed by atoms with Crippen LogP contribution in [0.15, 0.2) is 36.4 Å². The van der Waals surface area contributed by atoms with E-state index in [9.17, 15) is 5.11 Å². The minimum Gasteiger partial charge on any atom is -0.390 e. The SMILES string of the molecule is C=C1Cc2ccccc2CCCC(O)(CCCC)C1. The van der Waals surface area contributed by atoms with Crippen LogP contribution in [0.1, 0.15) is 56.6 Å². The summed E-state index contributed by atoms with van der Waals surface area (Å²) in [5.41, 5.74) is 3.48. The zero-order valence-electron chi connectivity index (χ0n) is 12.1. The van der Waals surface area contributed by atoms with Crippen molar-refractivity contribution in [1.82, 2.24) is 0 Å². The van der Waals surface area contributed by atoms with Crippen molar-refractivity contribution < 1.29 is 5.11 Å². The van der Waals surface area contributed by atoms with Crippen LogP contribution in [0.25, 0.3) is 0 Å². The summed E-state index contributed by atoms with van der Waals surface area (Å²) in [5, 5.41) is 10.8. The summed E-state index contributed by atoms with van der Waals surface area (Å²) in [4.78, 5) is 0. The van der Waals surface area contributed by atoms with Crippen LogP contribution in [-0.2, 0) is 12.8 Å². The Labute approximate surface area is 117 Å². The first-order chi connectivity index (χ1) is 9.13. The van der Waals surface area contributed by atoms with Crippen LogP contribution in [0.2, 0.25) is 0 Å². The molecule has 0 spiro atoms. The van der Waals surface area contributed by atoms with E-state index in [0.717, 1.165) is 51.4 Å². The summed E-state index contributed by atoms with van der Waals surface area (Å²) in [6.07, 6.45) is 7.92. The Hall–Kier alpha value is -1.08. The first-order valence-electron chi connectivity index (χ1n) is 7.59. The van der Waals surface area contributed by atoms with Crippen LogP contribution in [0.3, 0.4) is 0 Å². The van der Waals surface area contributed by atoms with E-state index in [1.165, 1.54) is 16.7 Å². The summed E-state index contributed by atoms with van der Waals surface area (Å²) < 4.78 is 0. The largest absolute Gasteiger partial charge is 0.390 e. The Bertz CT molecular complexity index is 435. The molecule has 0 aliphatic heterocycles. The minimum atomic E-state index is -0.519. The molecule has 1 nitrogen and oxygen atoms in total. The number of aliphatic hydroxyl groups is 1. The second-order valence-electron chi connectivity index (χ2n) is 6.05. The molecule has 1 aromatic rings. The van der Waals surface area contributed by atoms with Gasteiger partial charge < -0.3 is 5.11 Å². The van der Waals surface area contributed by atoms with E-state index in [1.54, 1.807) is 0 Å². The molecular formula is C18H26O. The summed E-state index contributed by atoms with van der Waals surface area (Å²) in [6, 6.07) is 8.64. The molecule has 0 radical (unpaired) electrons. The molecule has 1 aromatic carbocycles. The molecule has 0 fully saturated rings. The molecule has 1 N–H and O–H groups in total. The summed E-state index contributed by atoms with van der Waals surface area (Å²) in [6.45, 7) is 6.38. The van der Waals surface area contributed by atoms with Gasteiger partial charge in [-0.05, 0) is 49.7 Å². The lowest BCUT2D eigenvalue weighted by atomic mass is 9.85. The molecule has 1 atom stereocenters. The molecule has 0 aromatic heterocycles. The Morgan fingerprint density at radius 3 is 2.74 bits per heavy atom. The first-order valence-corrected chi connectivity index (χ1v) is 7.59. The van der Waals surface area contributed by atoms with Crippen molar-refractivity contribution >= 4 is 0 Å². The van der Waals surface area contributed by atoms with Crippen molar-refractivity contribution in [2.75, 3.05) is 0 Å². The van der Waals surface area contributed by atoms with Crippen LogP contribution in [0, 0.1) is 0 Å². The van der Waals surface area contributed by atoms with E-state index >= 15 is 0 Å². The maximum absolute atomic E-state index is 10.8. The van der Waals surface area contributed by atoms with Crippen molar-refractivity contribution in [3.63, 3.8) is 0 Å². The zero-order chi connectivity index (χ0) is 13.7. The molecular weight excluding hydrogens is 232 g/mol. The number of hydrogen-bond donors (Lipinski definition) is 1. The van der Waals surface area contributed by atoms with Gasteiger partial charge in [-0.3, -0.25) is 0 Å². The van der Waals surface area contributed by atoms with Gasteiger partial charge in [0.2, 0.25) is 0 Å². The molecule has 104 valence electrons. The smallest absolute Gasteiger partial charge is 0.0684 e. The fourth-order valence-electron chi connectivity index (χ4n) is 3.19. The number of rotatable bonds is 3. The second-order valence-corrected chi connectivity index (χ2v) is 6.05. The number of aryl methyl sites for hydroxylation is 1. The highest BCUT2D eigenvalue weighted by Crippen LogP contribution is 2.32. The highest BCUT2D eigenvalue weighted by Gasteiger charge is 2.27. The van der Waals surface area contributed by atoms with Crippen molar-refractivity contribution in [2.24, 2.45) is 0 Å². The number of benzene rings is 1. The van der Waals surface area contributed by atoms with Crippen LogP contribution < -0.4 is 0 Å². The van der Waals surface area contributed by atoms with Crippen molar-refractivity contribution in [2.45, 2.75) is 63.9 Å². The molecule has 1 unspecified atom stereocenters. The standard InChI is InChI=1S/C18H26O/c1-3-4-11-18(19)12-7-10-16-8-5-6-9-17(16)13-15(2)14-18/h5-6,8-9,19H,2-4,7,10-14H2,1H3. The third-order valence-electron chi connectivity index (χ3n) is 4.22. The van der Waals surface area contributed by atoms with E-state index in [-0.39, 0.29) is 0 Å². The molecule has 2 rings (SSSR count). The molecule has 1 heteroatoms. The third kappa shape index (κ3) is 3.94. The summed E-state index contributed by atoms with van der Waals surface area (Å²) in [5.74, 6) is 0. The predicted molar refractivity (Wildman–Crippen MR) is 81.3 cm³/mol. The highest BCUT2D eigenvalue weighted by molar-refractivity contribution is 5.31. The molecule has 0 amide bonds. The Balaban J connectivity index is 2.13. The summed E-state index contributed by atoms with van der Waals surface area (Å²) >= 11 is 0. The normalized spacial score (nSPS) is 24.2. The quantitative estimate of drug-likeness (QED) is 0.795. The third-order valence-corrected chi connectivity index (χ3v) is 4.22. The van der Waals surface area contributed by atoms with E-state index in [1.807, 2.05) is 0 Å². The van der Waals surface area contributed by atoms with Gasteiger partial charge in [0, 0.05) is 0 Å². The lowest BCUT2D eigenvalue weighted by Gasteiger charge is -2.28. The predicted octanol–water partition coefficient (Wildman–Crippen LogP) is 4.43. The maximum atomic E-state index is 10.8. The van der Waals surface area contributed by atoms with Gasteiger partial charge in [-0.1, -0.05) is 56.2 Å². The van der Waals surface area contributed by atoms with Crippen LogP contribution in [-0.4, -0.2) is 10.7 Å². The van der Waals surface area contributed by atoms with Crippen molar-refractivity contribution in [3.05, 3.63) is 47.5 Å². The average molecular weight is 258 g/mol. The van der Waals surface area contributed by atoms with Gasteiger partial charge in [-0.25, -0.2) is 0 Å². The Morgan fingerprint density at radius 2 is 2.00 bits per heavy atom. The average Bonchev–Trinajstić information content (AvgIpc) is 2.43. The van der Waals surface area contributed by atoms with Crippen LogP contribution in [0.5, 0.6) is 0 Å². The number of hydrogen-bond acceptors (Lipinski definition) is 1. The van der Waals surface area contributed by atoms with Gasteiger partial charge in [0.25, 0.3) is 0 Å². The molecule has 1 aliphatic carbocycles. The summed E-state index contributed by atoms with van der Waals surface area (Å²) in [7, 11) is 0. The zero-order valence-corrected chi connectivity index (χ0v) is 12.1. The van der Waals surface area contributed by atoms with E-state index in [0.29, 0.717) is 0 Å². The van der Waals surface area contributed by atoms with Crippen LogP contribution >= 0.6 is 0 Å². The topological polar surface area (TPSA) is 20.2 Å². The second kappa shape index (κ2) is 6.38. The molecule has 0 saturated carbocycles. The number of fused-ring (bicyclic) bond motifs is 1. The minimum absolute atomic E-state index is 0.519.